The number of nitrogens with two attached hydrogens (primary N) is 1. The van der Waals surface area contributed by atoms with Gasteiger partial charge < -0.3 is 30.6 Å². The molecule has 6 rings (SSSR count). The quantitative estimate of drug-likeness (QED) is 0.247. The lowest BCUT2D eigenvalue weighted by atomic mass is 9.90. The minimum Gasteiger partial charge on any atom is -0.481 e. The molecule has 236 valence electrons. The van der Waals surface area contributed by atoms with Crippen LogP contribution in [0.15, 0.2) is 53.4 Å². The van der Waals surface area contributed by atoms with Crippen LogP contribution >= 0.6 is 0 Å². The second-order valence-electron chi connectivity index (χ2n) is 11.1. The molecule has 2 fully saturated rings. The number of aliphatic carboxylic acids is 2. The topological polar surface area (TPSA) is 176 Å². The molecule has 0 unspecified atom stereocenters. The number of rotatable bonds is 6. The van der Waals surface area contributed by atoms with Gasteiger partial charge in [0, 0.05) is 57.3 Å². The first-order chi connectivity index (χ1) is 21.1. The predicted molar refractivity (Wildman–Crippen MR) is 168 cm³/mol. The number of hydrogen-bond acceptors (Lipinski definition) is 10. The number of fused-ring (bicyclic) bond motifs is 1. The van der Waals surface area contributed by atoms with Crippen molar-refractivity contribution in [1.29, 1.82) is 0 Å². The fourth-order valence-corrected chi connectivity index (χ4v) is 5.66. The zero-order valence-corrected chi connectivity index (χ0v) is 25.5. The van der Waals surface area contributed by atoms with E-state index in [0.29, 0.717) is 24.4 Å². The zero-order chi connectivity index (χ0) is 31.6. The fourth-order valence-electron chi connectivity index (χ4n) is 5.66. The highest BCUT2D eigenvalue weighted by molar-refractivity contribution is 5.98. The van der Waals surface area contributed by atoms with Crippen LogP contribution in [0, 0.1) is 0 Å². The predicted octanol–water partition coefficient (Wildman–Crippen LogP) is 4.19. The molecule has 1 saturated carbocycles. The number of piperazine rings is 1. The first-order valence-corrected chi connectivity index (χ1v) is 14.8. The van der Waals surface area contributed by atoms with Gasteiger partial charge in [-0.25, -0.2) is 14.6 Å². The summed E-state index contributed by atoms with van der Waals surface area (Å²) in [5.74, 6) is -0.288. The number of nitrogens with one attached hydrogen (secondary N) is 1. The minimum atomic E-state index is -0.833. The molecule has 0 atom stereocenters. The summed E-state index contributed by atoms with van der Waals surface area (Å²) in [6.07, 6.45) is 7.84. The summed E-state index contributed by atoms with van der Waals surface area (Å²) in [4.78, 5) is 32.0. The highest BCUT2D eigenvalue weighted by atomic mass is 16.4. The number of carboxylic acid groups (broad SMARTS) is 2. The van der Waals surface area contributed by atoms with Gasteiger partial charge in [-0.3, -0.25) is 14.5 Å². The average Bonchev–Trinajstić information content (AvgIpc) is 3.66. The third-order valence-electron chi connectivity index (χ3n) is 7.79. The number of nitrogens with zero attached hydrogens (tertiary/aromatic N) is 6. The lowest BCUT2D eigenvalue weighted by Crippen LogP contribution is -2.49. The number of aromatic nitrogens is 4. The van der Waals surface area contributed by atoms with Crippen LogP contribution in [0.4, 0.5) is 11.5 Å². The van der Waals surface area contributed by atoms with Crippen molar-refractivity contribution in [2.24, 2.45) is 0 Å². The van der Waals surface area contributed by atoms with Gasteiger partial charge in [-0.05, 0) is 57.0 Å². The molecular weight excluding hydrogens is 564 g/mol. The molecule has 0 bridgehead atoms. The Morgan fingerprint density at radius 3 is 2.16 bits per heavy atom. The van der Waals surface area contributed by atoms with Gasteiger partial charge in [0.2, 0.25) is 0 Å². The Balaban J connectivity index is 0.000000496. The molecule has 5 N–H and O–H groups in total. The van der Waals surface area contributed by atoms with Gasteiger partial charge in [0.15, 0.2) is 5.65 Å². The van der Waals surface area contributed by atoms with Crippen LogP contribution in [0.1, 0.15) is 51.3 Å². The number of hydrogen-bond donors (Lipinski definition) is 4. The number of furan rings is 1. The molecule has 1 aliphatic carbocycles. The molecule has 0 amide bonds. The van der Waals surface area contributed by atoms with Crippen LogP contribution in [-0.2, 0) is 16.1 Å². The van der Waals surface area contributed by atoms with Gasteiger partial charge in [-0.1, -0.05) is 12.1 Å². The second-order valence-corrected chi connectivity index (χ2v) is 11.1. The number of benzene rings is 1. The molecule has 13 heteroatoms. The number of anilines is 2. The maximum Gasteiger partial charge on any atom is 0.300 e. The Kier molecular flexibility index (Phi) is 11.3. The van der Waals surface area contributed by atoms with E-state index in [0.717, 1.165) is 60.4 Å². The SMILES string of the molecule is CC(=O)O.CC(=O)O.CN1CCN(C2CCC(n3nc(-c4ccc(NCc5ccco5)cc4)c4c(N)ncnc43)CC2)CC1. The van der Waals surface area contributed by atoms with Gasteiger partial charge >= 0.3 is 0 Å². The Morgan fingerprint density at radius 1 is 0.955 bits per heavy atom. The summed E-state index contributed by atoms with van der Waals surface area (Å²) >= 11 is 0. The molecule has 44 heavy (non-hydrogen) atoms. The summed E-state index contributed by atoms with van der Waals surface area (Å²) in [7, 11) is 2.22. The highest BCUT2D eigenvalue weighted by Crippen LogP contribution is 2.37. The van der Waals surface area contributed by atoms with E-state index in [-0.39, 0.29) is 0 Å². The monoisotopic (exact) mass is 606 g/mol. The van der Waals surface area contributed by atoms with E-state index < -0.39 is 11.9 Å². The summed E-state index contributed by atoms with van der Waals surface area (Å²) in [5, 5.41) is 24.2. The van der Waals surface area contributed by atoms with Gasteiger partial charge in [0.25, 0.3) is 11.9 Å². The number of carboxylic acids is 2. The van der Waals surface area contributed by atoms with Crippen molar-refractivity contribution in [3.05, 3.63) is 54.7 Å². The third kappa shape index (κ3) is 8.77. The standard InChI is InChI=1S/C27H34N8O.2C2H4O2/c1-33-12-14-34(15-13-33)21-8-10-22(11-9-21)35-27-24(26(28)30-18-31-27)25(32-35)19-4-6-20(7-5-19)29-17-23-3-2-16-36-23;2*1-2(3)4/h2-7,16,18,21-22,29H,8-15,17H2,1H3,(H2,28,30,31);2*1H3,(H,3,4). The van der Waals surface area contributed by atoms with Crippen molar-refractivity contribution < 1.29 is 24.2 Å². The summed E-state index contributed by atoms with van der Waals surface area (Å²) in [5.41, 5.74) is 10.1. The van der Waals surface area contributed by atoms with Crippen molar-refractivity contribution in [2.75, 3.05) is 44.3 Å². The van der Waals surface area contributed by atoms with Gasteiger partial charge in [0.05, 0.1) is 24.2 Å². The summed E-state index contributed by atoms with van der Waals surface area (Å²) < 4.78 is 7.52. The van der Waals surface area contributed by atoms with Crippen LogP contribution in [0.2, 0.25) is 0 Å². The van der Waals surface area contributed by atoms with E-state index >= 15 is 0 Å². The molecule has 2 aliphatic rings. The molecule has 1 aliphatic heterocycles. The van der Waals surface area contributed by atoms with E-state index in [2.05, 4.69) is 61.1 Å². The van der Waals surface area contributed by atoms with Crippen LogP contribution in [0.25, 0.3) is 22.3 Å². The highest BCUT2D eigenvalue weighted by Gasteiger charge is 2.30. The van der Waals surface area contributed by atoms with Crippen molar-refractivity contribution in [2.45, 2.75) is 58.2 Å². The summed E-state index contributed by atoms with van der Waals surface area (Å²) in [6.45, 7) is 7.50. The second kappa shape index (κ2) is 15.3. The normalized spacial score (nSPS) is 18.9. The van der Waals surface area contributed by atoms with Crippen LogP contribution < -0.4 is 11.1 Å². The number of carbonyl (C=O) groups is 2. The minimum absolute atomic E-state index is 0.327. The molecule has 0 spiro atoms. The van der Waals surface area contributed by atoms with Crippen molar-refractivity contribution >= 4 is 34.5 Å². The number of nitrogen functional groups attached to an aromatic ring is 1. The third-order valence-corrected chi connectivity index (χ3v) is 7.79. The largest absolute Gasteiger partial charge is 0.481 e. The Labute approximate surface area is 256 Å². The smallest absolute Gasteiger partial charge is 0.300 e. The Hall–Kier alpha value is -4.49. The van der Waals surface area contributed by atoms with Gasteiger partial charge in [-0.15, -0.1) is 0 Å². The van der Waals surface area contributed by atoms with Crippen LogP contribution in [0.5, 0.6) is 0 Å². The Morgan fingerprint density at radius 2 is 1.57 bits per heavy atom. The van der Waals surface area contributed by atoms with E-state index in [1.54, 1.807) is 12.6 Å². The molecule has 4 aromatic rings. The van der Waals surface area contributed by atoms with Crippen LogP contribution in [-0.4, -0.2) is 91.0 Å². The maximum atomic E-state index is 9.00. The molecule has 3 aromatic heterocycles. The average molecular weight is 607 g/mol. The van der Waals surface area contributed by atoms with Gasteiger partial charge in [0.1, 0.15) is 23.6 Å². The van der Waals surface area contributed by atoms with Crippen molar-refractivity contribution in [3.63, 3.8) is 0 Å². The van der Waals surface area contributed by atoms with Gasteiger partial charge in [-0.2, -0.15) is 5.10 Å². The molecule has 13 nitrogen and oxygen atoms in total. The van der Waals surface area contributed by atoms with E-state index in [1.165, 1.54) is 39.0 Å². The lowest BCUT2D eigenvalue weighted by Gasteiger charge is -2.41. The van der Waals surface area contributed by atoms with E-state index in [4.69, 9.17) is 35.1 Å². The number of likely N-dealkylation sites (N-methyl/N-ethyl adjacent to an activating group) is 1. The zero-order valence-electron chi connectivity index (χ0n) is 25.5. The van der Waals surface area contributed by atoms with E-state index in [9.17, 15) is 0 Å². The Bertz CT molecular complexity index is 1470. The first-order valence-electron chi connectivity index (χ1n) is 14.8. The maximum absolute atomic E-state index is 9.00. The summed E-state index contributed by atoms with van der Waals surface area (Å²) in [6, 6.07) is 13.1. The lowest BCUT2D eigenvalue weighted by molar-refractivity contribution is -0.135. The molecule has 4 heterocycles. The van der Waals surface area contributed by atoms with Crippen molar-refractivity contribution in [1.82, 2.24) is 29.5 Å². The van der Waals surface area contributed by atoms with Crippen molar-refractivity contribution in [3.8, 4) is 11.3 Å². The van der Waals surface area contributed by atoms with E-state index in [1.807, 2.05) is 12.1 Å². The molecular formula is C31H42N8O5. The fraction of sp³-hybridized carbons (Fsp3) is 0.452. The first kappa shape index (κ1) is 32.4. The molecule has 1 saturated heterocycles. The molecule has 0 radical (unpaired) electrons. The van der Waals surface area contributed by atoms with Crippen LogP contribution in [0.3, 0.4) is 0 Å². The molecule has 1 aromatic carbocycles.